The van der Waals surface area contributed by atoms with Gasteiger partial charge in [0, 0.05) is 13.1 Å². The Hall–Kier alpha value is -0.910. The molecular formula is C10H15NO3S. The SMILES string of the molecule is CC(O)CN(C)Cc1ccsc1C(=O)O. The molecule has 0 amide bonds. The molecule has 0 aromatic carbocycles. The fourth-order valence-corrected chi connectivity index (χ4v) is 2.21. The largest absolute Gasteiger partial charge is 0.477 e. The summed E-state index contributed by atoms with van der Waals surface area (Å²) in [7, 11) is 1.86. The molecule has 0 aliphatic heterocycles. The number of hydrogen-bond donors (Lipinski definition) is 2. The van der Waals surface area contributed by atoms with Crippen molar-refractivity contribution < 1.29 is 15.0 Å². The maximum atomic E-state index is 10.8. The lowest BCUT2D eigenvalue weighted by Crippen LogP contribution is -2.27. The Balaban J connectivity index is 2.64. The molecule has 0 aliphatic carbocycles. The highest BCUT2D eigenvalue weighted by Gasteiger charge is 2.13. The fourth-order valence-electron chi connectivity index (χ4n) is 1.45. The van der Waals surface area contributed by atoms with E-state index in [1.807, 2.05) is 18.0 Å². The molecule has 0 fully saturated rings. The van der Waals surface area contributed by atoms with Gasteiger partial charge in [-0.3, -0.25) is 4.90 Å². The number of carboxylic acid groups (broad SMARTS) is 1. The van der Waals surface area contributed by atoms with Gasteiger partial charge in [-0.25, -0.2) is 4.79 Å². The number of nitrogens with zero attached hydrogens (tertiary/aromatic N) is 1. The average Bonchev–Trinajstić information content (AvgIpc) is 2.50. The van der Waals surface area contributed by atoms with Gasteiger partial charge in [-0.1, -0.05) is 0 Å². The van der Waals surface area contributed by atoms with E-state index < -0.39 is 12.1 Å². The molecule has 0 saturated heterocycles. The van der Waals surface area contributed by atoms with Crippen LogP contribution in [-0.2, 0) is 6.54 Å². The number of hydrogen-bond acceptors (Lipinski definition) is 4. The highest BCUT2D eigenvalue weighted by molar-refractivity contribution is 7.12. The highest BCUT2D eigenvalue weighted by Crippen LogP contribution is 2.18. The number of carbonyl (C=O) groups is 1. The Morgan fingerprint density at radius 1 is 1.67 bits per heavy atom. The quantitative estimate of drug-likeness (QED) is 0.798. The van der Waals surface area contributed by atoms with Gasteiger partial charge in [0.2, 0.25) is 0 Å². The van der Waals surface area contributed by atoms with E-state index >= 15 is 0 Å². The third-order valence-corrected chi connectivity index (χ3v) is 2.90. The van der Waals surface area contributed by atoms with Crippen LogP contribution in [0.2, 0.25) is 0 Å². The maximum absolute atomic E-state index is 10.8. The molecule has 1 atom stereocenters. The number of thiophene rings is 1. The van der Waals surface area contributed by atoms with Crippen LogP contribution in [0, 0.1) is 0 Å². The summed E-state index contributed by atoms with van der Waals surface area (Å²) < 4.78 is 0. The van der Waals surface area contributed by atoms with Gasteiger partial charge >= 0.3 is 5.97 Å². The first-order chi connectivity index (χ1) is 7.00. The Morgan fingerprint density at radius 3 is 2.87 bits per heavy atom. The maximum Gasteiger partial charge on any atom is 0.346 e. The Morgan fingerprint density at radius 2 is 2.33 bits per heavy atom. The number of likely N-dealkylation sites (N-methyl/N-ethyl adjacent to an activating group) is 1. The van der Waals surface area contributed by atoms with Gasteiger partial charge in [0.15, 0.2) is 0 Å². The summed E-state index contributed by atoms with van der Waals surface area (Å²) in [4.78, 5) is 13.1. The zero-order chi connectivity index (χ0) is 11.4. The average molecular weight is 229 g/mol. The number of aromatic carboxylic acids is 1. The standard InChI is InChI=1S/C10H15NO3S/c1-7(12)5-11(2)6-8-3-4-15-9(8)10(13)14/h3-4,7,12H,5-6H2,1-2H3,(H,13,14). The topological polar surface area (TPSA) is 60.8 Å². The summed E-state index contributed by atoms with van der Waals surface area (Å²) >= 11 is 1.23. The van der Waals surface area contributed by atoms with E-state index in [-0.39, 0.29) is 0 Å². The number of aliphatic hydroxyl groups is 1. The van der Waals surface area contributed by atoms with E-state index in [0.717, 1.165) is 5.56 Å². The molecule has 2 N–H and O–H groups in total. The number of rotatable bonds is 5. The summed E-state index contributed by atoms with van der Waals surface area (Å²) in [6.07, 6.45) is -0.401. The van der Waals surface area contributed by atoms with Crippen LogP contribution in [0.25, 0.3) is 0 Å². The lowest BCUT2D eigenvalue weighted by molar-refractivity contribution is 0.0700. The molecule has 0 spiro atoms. The predicted octanol–water partition coefficient (Wildman–Crippen LogP) is 1.26. The molecule has 1 aromatic rings. The predicted molar refractivity (Wildman–Crippen MR) is 59.3 cm³/mol. The van der Waals surface area contributed by atoms with Gasteiger partial charge in [-0.15, -0.1) is 11.3 Å². The van der Waals surface area contributed by atoms with Crippen molar-refractivity contribution in [1.29, 1.82) is 0 Å². The molecule has 4 nitrogen and oxygen atoms in total. The summed E-state index contributed by atoms with van der Waals surface area (Å²) in [5, 5.41) is 19.8. The summed E-state index contributed by atoms with van der Waals surface area (Å²) in [5.74, 6) is -0.884. The number of aliphatic hydroxyl groups excluding tert-OH is 1. The molecule has 15 heavy (non-hydrogen) atoms. The molecule has 84 valence electrons. The third kappa shape index (κ3) is 3.62. The van der Waals surface area contributed by atoms with E-state index in [0.29, 0.717) is 18.0 Å². The Bertz CT molecular complexity index is 335. The number of carboxylic acids is 1. The first kappa shape index (κ1) is 12.2. The first-order valence-corrected chi connectivity index (χ1v) is 5.55. The molecule has 0 bridgehead atoms. The molecule has 1 aromatic heterocycles. The van der Waals surface area contributed by atoms with Crippen molar-refractivity contribution in [3.8, 4) is 0 Å². The molecule has 1 rings (SSSR count). The first-order valence-electron chi connectivity index (χ1n) is 4.67. The molecule has 0 aliphatic rings. The smallest absolute Gasteiger partial charge is 0.346 e. The van der Waals surface area contributed by atoms with Gasteiger partial charge in [0.05, 0.1) is 6.10 Å². The van der Waals surface area contributed by atoms with Crippen molar-refractivity contribution >= 4 is 17.3 Å². The van der Waals surface area contributed by atoms with E-state index in [1.54, 1.807) is 12.3 Å². The van der Waals surface area contributed by atoms with E-state index in [9.17, 15) is 9.90 Å². The second-order valence-electron chi connectivity index (χ2n) is 3.63. The van der Waals surface area contributed by atoms with Crippen LogP contribution in [0.5, 0.6) is 0 Å². The van der Waals surface area contributed by atoms with Crippen LogP contribution < -0.4 is 0 Å². The van der Waals surface area contributed by atoms with E-state index in [4.69, 9.17) is 5.11 Å². The second-order valence-corrected chi connectivity index (χ2v) is 4.54. The van der Waals surface area contributed by atoms with Crippen LogP contribution >= 0.6 is 11.3 Å². The van der Waals surface area contributed by atoms with Gasteiger partial charge in [0.1, 0.15) is 4.88 Å². The molecule has 0 radical (unpaired) electrons. The second kappa shape index (κ2) is 5.25. The minimum Gasteiger partial charge on any atom is -0.477 e. The van der Waals surface area contributed by atoms with Crippen molar-refractivity contribution in [2.45, 2.75) is 19.6 Å². The summed E-state index contributed by atoms with van der Waals surface area (Å²) in [6, 6.07) is 1.81. The third-order valence-electron chi connectivity index (χ3n) is 1.96. The normalized spacial score (nSPS) is 13.1. The van der Waals surface area contributed by atoms with Crippen molar-refractivity contribution in [3.63, 3.8) is 0 Å². The molecular weight excluding hydrogens is 214 g/mol. The van der Waals surface area contributed by atoms with Crippen LogP contribution in [-0.4, -0.2) is 40.8 Å². The molecule has 0 saturated carbocycles. The van der Waals surface area contributed by atoms with Crippen molar-refractivity contribution in [1.82, 2.24) is 4.90 Å². The monoisotopic (exact) mass is 229 g/mol. The van der Waals surface area contributed by atoms with E-state index in [2.05, 4.69) is 0 Å². The summed E-state index contributed by atoms with van der Waals surface area (Å²) in [6.45, 7) is 2.80. The van der Waals surface area contributed by atoms with Gasteiger partial charge in [-0.2, -0.15) is 0 Å². The lowest BCUT2D eigenvalue weighted by Gasteiger charge is -2.17. The van der Waals surface area contributed by atoms with Crippen LogP contribution in [0.15, 0.2) is 11.4 Å². The molecule has 1 unspecified atom stereocenters. The Labute approximate surface area is 92.8 Å². The van der Waals surface area contributed by atoms with Crippen LogP contribution in [0.3, 0.4) is 0 Å². The van der Waals surface area contributed by atoms with Gasteiger partial charge < -0.3 is 10.2 Å². The molecule has 1 heterocycles. The zero-order valence-electron chi connectivity index (χ0n) is 8.80. The molecule has 5 heteroatoms. The summed E-state index contributed by atoms with van der Waals surface area (Å²) in [5.41, 5.74) is 0.802. The fraction of sp³-hybridized carbons (Fsp3) is 0.500. The van der Waals surface area contributed by atoms with Gasteiger partial charge in [0.25, 0.3) is 0 Å². The van der Waals surface area contributed by atoms with Crippen molar-refractivity contribution in [2.24, 2.45) is 0 Å². The van der Waals surface area contributed by atoms with Crippen molar-refractivity contribution in [2.75, 3.05) is 13.6 Å². The minimum atomic E-state index is -0.884. The van der Waals surface area contributed by atoms with Crippen molar-refractivity contribution in [3.05, 3.63) is 21.9 Å². The van der Waals surface area contributed by atoms with Gasteiger partial charge in [-0.05, 0) is 31.0 Å². The minimum absolute atomic E-state index is 0.382. The zero-order valence-corrected chi connectivity index (χ0v) is 9.62. The van der Waals surface area contributed by atoms with Crippen LogP contribution in [0.4, 0.5) is 0 Å². The lowest BCUT2D eigenvalue weighted by atomic mass is 10.2. The van der Waals surface area contributed by atoms with Crippen LogP contribution in [0.1, 0.15) is 22.2 Å². The highest BCUT2D eigenvalue weighted by atomic mass is 32.1. The Kier molecular flexibility index (Phi) is 4.26. The van der Waals surface area contributed by atoms with E-state index in [1.165, 1.54) is 11.3 Å².